The first-order valence-electron chi connectivity index (χ1n) is 5.65. The van der Waals surface area contributed by atoms with Gasteiger partial charge in [-0.2, -0.15) is 4.31 Å². The number of aromatic nitrogens is 1. The molecule has 2 rings (SSSR count). The van der Waals surface area contributed by atoms with Crippen molar-refractivity contribution in [3.63, 3.8) is 0 Å². The molecule has 2 unspecified atom stereocenters. The highest BCUT2D eigenvalue weighted by molar-refractivity contribution is 7.91. The van der Waals surface area contributed by atoms with Gasteiger partial charge in [0.2, 0.25) is 0 Å². The number of methoxy groups -OCH3 is 2. The summed E-state index contributed by atoms with van der Waals surface area (Å²) in [6.07, 6.45) is -0.591. The fourth-order valence-electron chi connectivity index (χ4n) is 2.11. The van der Waals surface area contributed by atoms with Gasteiger partial charge in [0.05, 0.1) is 12.2 Å². The third-order valence-electron chi connectivity index (χ3n) is 3.14. The molecule has 0 aromatic carbocycles. The molecule has 1 N–H and O–H groups in total. The number of ether oxygens (including phenoxy) is 2. The van der Waals surface area contributed by atoms with Gasteiger partial charge in [-0.3, -0.25) is 4.79 Å². The van der Waals surface area contributed by atoms with E-state index in [1.807, 2.05) is 0 Å². The fourth-order valence-corrected chi connectivity index (χ4v) is 5.01. The number of aryl methyl sites for hydroxylation is 1. The van der Waals surface area contributed by atoms with E-state index >= 15 is 0 Å². The topological polar surface area (TPSA) is 88.7 Å². The number of nitrogens with zero attached hydrogens (tertiary/aromatic N) is 1. The zero-order valence-electron chi connectivity index (χ0n) is 10.9. The van der Waals surface area contributed by atoms with Gasteiger partial charge in [-0.25, -0.2) is 8.42 Å². The van der Waals surface area contributed by atoms with E-state index in [1.165, 1.54) is 18.5 Å². The summed E-state index contributed by atoms with van der Waals surface area (Å²) in [5.74, 6) is 0. The SMILES string of the molecule is COC1CN(S(=O)(=O)c2sc(=O)[nH]c2C)CC1OC. The minimum atomic E-state index is -3.67. The Labute approximate surface area is 115 Å². The lowest BCUT2D eigenvalue weighted by Crippen LogP contribution is -2.30. The van der Waals surface area contributed by atoms with Crippen molar-refractivity contribution in [2.45, 2.75) is 23.3 Å². The Balaban J connectivity index is 2.32. The maximum atomic E-state index is 12.5. The lowest BCUT2D eigenvalue weighted by atomic mass is 10.3. The minimum Gasteiger partial charge on any atom is -0.377 e. The molecule has 1 fully saturated rings. The van der Waals surface area contributed by atoms with Crippen LogP contribution < -0.4 is 4.87 Å². The summed E-state index contributed by atoms with van der Waals surface area (Å²) < 4.78 is 36.7. The van der Waals surface area contributed by atoms with E-state index in [0.717, 1.165) is 0 Å². The van der Waals surface area contributed by atoms with Crippen LogP contribution in [0.2, 0.25) is 0 Å². The third kappa shape index (κ3) is 2.61. The Kier molecular flexibility index (Phi) is 4.11. The number of aromatic amines is 1. The molecule has 108 valence electrons. The summed E-state index contributed by atoms with van der Waals surface area (Å²) in [4.78, 5) is 13.4. The largest absolute Gasteiger partial charge is 0.377 e. The maximum absolute atomic E-state index is 12.5. The summed E-state index contributed by atoms with van der Waals surface area (Å²) in [5, 5.41) is 0. The molecular weight excluding hydrogens is 292 g/mol. The summed E-state index contributed by atoms with van der Waals surface area (Å²) in [7, 11) is -0.633. The monoisotopic (exact) mass is 308 g/mol. The molecule has 9 heteroatoms. The molecule has 0 aliphatic carbocycles. The standard InChI is InChI=1S/C10H16N2O5S2/c1-6-9(18-10(13)11-6)19(14,15)12-4-7(16-2)8(5-12)17-3/h7-8H,4-5H2,1-3H3,(H,11,13). The molecule has 1 saturated heterocycles. The Bertz CT molecular complexity index is 594. The molecule has 1 aliphatic rings. The molecule has 1 aromatic heterocycles. The van der Waals surface area contributed by atoms with E-state index in [0.29, 0.717) is 17.0 Å². The number of hydrogen-bond acceptors (Lipinski definition) is 6. The van der Waals surface area contributed by atoms with Crippen LogP contribution in [0.5, 0.6) is 0 Å². The van der Waals surface area contributed by atoms with Crippen LogP contribution in [0.4, 0.5) is 0 Å². The van der Waals surface area contributed by atoms with Gasteiger partial charge >= 0.3 is 4.87 Å². The van der Waals surface area contributed by atoms with Crippen molar-refractivity contribution in [1.29, 1.82) is 0 Å². The van der Waals surface area contributed by atoms with Gasteiger partial charge in [-0.05, 0) is 6.92 Å². The molecule has 7 nitrogen and oxygen atoms in total. The fraction of sp³-hybridized carbons (Fsp3) is 0.700. The second kappa shape index (κ2) is 5.33. The molecule has 19 heavy (non-hydrogen) atoms. The van der Waals surface area contributed by atoms with Gasteiger partial charge in [0.15, 0.2) is 4.21 Å². The Morgan fingerprint density at radius 2 is 1.79 bits per heavy atom. The molecule has 0 radical (unpaired) electrons. The average molecular weight is 308 g/mol. The van der Waals surface area contributed by atoms with Gasteiger partial charge in [-0.1, -0.05) is 11.3 Å². The van der Waals surface area contributed by atoms with E-state index in [9.17, 15) is 13.2 Å². The van der Waals surface area contributed by atoms with Crippen molar-refractivity contribution >= 4 is 21.4 Å². The molecule has 1 aromatic rings. The van der Waals surface area contributed by atoms with Crippen LogP contribution in [0.15, 0.2) is 9.00 Å². The number of hydrogen-bond donors (Lipinski definition) is 1. The lowest BCUT2D eigenvalue weighted by Gasteiger charge is -2.14. The summed E-state index contributed by atoms with van der Waals surface area (Å²) in [5.41, 5.74) is 0.366. The highest BCUT2D eigenvalue weighted by Crippen LogP contribution is 2.26. The van der Waals surface area contributed by atoms with Crippen LogP contribution in [0, 0.1) is 6.92 Å². The van der Waals surface area contributed by atoms with Crippen LogP contribution in [-0.4, -0.2) is 57.2 Å². The smallest absolute Gasteiger partial charge is 0.305 e. The van der Waals surface area contributed by atoms with Crippen LogP contribution in [0.1, 0.15) is 5.69 Å². The molecular formula is C10H16N2O5S2. The van der Waals surface area contributed by atoms with Gasteiger partial charge in [0.1, 0.15) is 0 Å². The van der Waals surface area contributed by atoms with E-state index in [2.05, 4.69) is 4.98 Å². The van der Waals surface area contributed by atoms with E-state index in [1.54, 1.807) is 6.92 Å². The predicted molar refractivity (Wildman–Crippen MR) is 70.0 cm³/mol. The molecule has 0 spiro atoms. The van der Waals surface area contributed by atoms with Crippen LogP contribution >= 0.6 is 11.3 Å². The third-order valence-corrected chi connectivity index (χ3v) is 6.56. The highest BCUT2D eigenvalue weighted by Gasteiger charge is 2.41. The molecule has 2 atom stereocenters. The van der Waals surface area contributed by atoms with Crippen LogP contribution in [0.25, 0.3) is 0 Å². The second-order valence-electron chi connectivity index (χ2n) is 4.30. The predicted octanol–water partition coefficient (Wildman–Crippen LogP) is -0.221. The Morgan fingerprint density at radius 1 is 1.26 bits per heavy atom. The number of rotatable bonds is 4. The number of thiazole rings is 1. The zero-order valence-corrected chi connectivity index (χ0v) is 12.5. The first kappa shape index (κ1) is 14.7. The number of sulfonamides is 1. The molecule has 2 heterocycles. The molecule has 0 saturated carbocycles. The quantitative estimate of drug-likeness (QED) is 0.830. The first-order valence-corrected chi connectivity index (χ1v) is 7.91. The van der Waals surface area contributed by atoms with Gasteiger partial charge in [0.25, 0.3) is 10.0 Å². The molecule has 0 bridgehead atoms. The van der Waals surface area contributed by atoms with Gasteiger partial charge in [-0.15, -0.1) is 0 Å². The van der Waals surface area contributed by atoms with Crippen molar-refractivity contribution in [3.05, 3.63) is 15.4 Å². The van der Waals surface area contributed by atoms with E-state index in [-0.39, 0.29) is 34.4 Å². The van der Waals surface area contributed by atoms with Gasteiger partial charge in [0, 0.05) is 33.0 Å². The minimum absolute atomic E-state index is 0.0594. The van der Waals surface area contributed by atoms with Crippen molar-refractivity contribution < 1.29 is 17.9 Å². The van der Waals surface area contributed by atoms with Crippen molar-refractivity contribution in [3.8, 4) is 0 Å². The summed E-state index contributed by atoms with van der Waals surface area (Å²) >= 11 is 0.703. The van der Waals surface area contributed by atoms with E-state index in [4.69, 9.17) is 9.47 Å². The Morgan fingerprint density at radius 3 is 2.16 bits per heavy atom. The highest BCUT2D eigenvalue weighted by atomic mass is 32.2. The molecule has 1 aliphatic heterocycles. The van der Waals surface area contributed by atoms with Crippen LogP contribution in [0.3, 0.4) is 0 Å². The second-order valence-corrected chi connectivity index (χ2v) is 7.41. The lowest BCUT2D eigenvalue weighted by molar-refractivity contribution is -0.00461. The Hall–Kier alpha value is -0.740. The maximum Gasteiger partial charge on any atom is 0.305 e. The summed E-state index contributed by atoms with van der Waals surface area (Å²) in [6.45, 7) is 2.02. The van der Waals surface area contributed by atoms with Gasteiger partial charge < -0.3 is 14.5 Å². The normalized spacial score (nSPS) is 25.0. The van der Waals surface area contributed by atoms with Crippen LogP contribution in [-0.2, 0) is 19.5 Å². The molecule has 0 amide bonds. The average Bonchev–Trinajstić information content (AvgIpc) is 2.92. The first-order chi connectivity index (χ1) is 8.90. The van der Waals surface area contributed by atoms with E-state index < -0.39 is 10.0 Å². The number of nitrogens with one attached hydrogen (secondary N) is 1. The number of H-pyrrole nitrogens is 1. The van der Waals surface area contributed by atoms with Crippen molar-refractivity contribution in [2.75, 3.05) is 27.3 Å². The van der Waals surface area contributed by atoms with Crippen molar-refractivity contribution in [1.82, 2.24) is 9.29 Å². The van der Waals surface area contributed by atoms with Crippen molar-refractivity contribution in [2.24, 2.45) is 0 Å². The zero-order chi connectivity index (χ0) is 14.2. The summed E-state index contributed by atoms with van der Waals surface area (Å²) in [6, 6.07) is 0.